The van der Waals surface area contributed by atoms with Crippen LogP contribution in [0.25, 0.3) is 0 Å². The minimum Gasteiger partial charge on any atom is -0.388 e. The van der Waals surface area contributed by atoms with Gasteiger partial charge in [0.15, 0.2) is 6.23 Å². The summed E-state index contributed by atoms with van der Waals surface area (Å²) in [6, 6.07) is 0. The molecule has 0 radical (unpaired) electrons. The minimum atomic E-state index is -1.20. The van der Waals surface area contributed by atoms with E-state index in [9.17, 15) is 15.0 Å². The van der Waals surface area contributed by atoms with E-state index >= 15 is 0 Å². The molecule has 0 aromatic rings. The Balaban J connectivity index is 2.01. The van der Waals surface area contributed by atoms with Crippen LogP contribution < -0.4 is 5.32 Å². The number of rotatable bonds is 4. The third-order valence-corrected chi connectivity index (χ3v) is 5.34. The standard InChI is InChI=1S/C14H25N2O4P/c1-9-15-11(17)5-7-16(9)14-13(19)12(18)10(20-14)6-8-21(2,3)4/h10,12-14,18-19H,1-2,5-8H2,3-4H3,(H,15,17). The van der Waals surface area contributed by atoms with Crippen LogP contribution in [0, 0.1) is 0 Å². The van der Waals surface area contributed by atoms with E-state index in [0.29, 0.717) is 25.2 Å². The second kappa shape index (κ2) is 6.13. The van der Waals surface area contributed by atoms with Gasteiger partial charge in [0.05, 0.1) is 6.10 Å². The lowest BCUT2D eigenvalue weighted by atomic mass is 10.1. The zero-order valence-corrected chi connectivity index (χ0v) is 13.6. The molecule has 0 aromatic heterocycles. The number of amides is 1. The van der Waals surface area contributed by atoms with Gasteiger partial charge in [-0.25, -0.2) is 0 Å². The smallest absolute Gasteiger partial charge is 0.227 e. The topological polar surface area (TPSA) is 82.0 Å². The molecule has 4 atom stereocenters. The first-order chi connectivity index (χ1) is 9.69. The molecule has 120 valence electrons. The highest BCUT2D eigenvalue weighted by Gasteiger charge is 2.46. The summed E-state index contributed by atoms with van der Waals surface area (Å²) in [6.07, 6.45) is 3.04. The van der Waals surface area contributed by atoms with E-state index in [4.69, 9.17) is 4.74 Å². The van der Waals surface area contributed by atoms with Crippen molar-refractivity contribution in [3.8, 4) is 0 Å². The lowest BCUT2D eigenvalue weighted by Gasteiger charge is -2.36. The Morgan fingerprint density at radius 3 is 2.67 bits per heavy atom. The second-order valence-electron chi connectivity index (χ2n) is 6.43. The van der Waals surface area contributed by atoms with E-state index in [1.54, 1.807) is 4.90 Å². The highest BCUT2D eigenvalue weighted by molar-refractivity contribution is 7.72. The van der Waals surface area contributed by atoms with E-state index in [2.05, 4.69) is 31.5 Å². The largest absolute Gasteiger partial charge is 0.388 e. The average Bonchev–Trinajstić information content (AvgIpc) is 2.64. The predicted octanol–water partition coefficient (Wildman–Crippen LogP) is -0.174. The van der Waals surface area contributed by atoms with Crippen LogP contribution in [0.4, 0.5) is 0 Å². The van der Waals surface area contributed by atoms with Crippen molar-refractivity contribution < 1.29 is 19.7 Å². The fourth-order valence-corrected chi connectivity index (χ4v) is 3.59. The van der Waals surface area contributed by atoms with Crippen molar-refractivity contribution in [3.05, 3.63) is 12.4 Å². The number of hydrogen-bond donors (Lipinski definition) is 3. The van der Waals surface area contributed by atoms with E-state index in [0.717, 1.165) is 6.16 Å². The predicted molar refractivity (Wildman–Crippen MR) is 84.7 cm³/mol. The van der Waals surface area contributed by atoms with Crippen LogP contribution in [0.15, 0.2) is 12.4 Å². The SMILES string of the molecule is C=C1NC(=O)CCN1C1OC(CCP(=C)(C)C)C(O)C1O. The number of nitrogens with one attached hydrogen (secondary N) is 1. The van der Waals surface area contributed by atoms with Crippen LogP contribution in [-0.2, 0) is 9.53 Å². The third kappa shape index (κ3) is 3.89. The van der Waals surface area contributed by atoms with Crippen LogP contribution in [0.3, 0.4) is 0 Å². The molecular weight excluding hydrogens is 291 g/mol. The van der Waals surface area contributed by atoms with Crippen molar-refractivity contribution in [2.24, 2.45) is 0 Å². The molecular formula is C14H25N2O4P. The van der Waals surface area contributed by atoms with Gasteiger partial charge in [-0.1, -0.05) is 6.58 Å². The quantitative estimate of drug-likeness (QED) is 0.627. The van der Waals surface area contributed by atoms with Gasteiger partial charge in [0.2, 0.25) is 5.91 Å². The van der Waals surface area contributed by atoms with E-state index in [1.807, 2.05) is 0 Å². The molecule has 2 heterocycles. The molecule has 0 aromatic carbocycles. The van der Waals surface area contributed by atoms with E-state index < -0.39 is 31.4 Å². The summed E-state index contributed by atoms with van der Waals surface area (Å²) >= 11 is 0. The lowest BCUT2D eigenvalue weighted by molar-refractivity contribution is -0.128. The van der Waals surface area contributed by atoms with Crippen molar-refractivity contribution in [1.82, 2.24) is 10.2 Å². The number of aliphatic hydroxyl groups excluding tert-OH is 2. The Hall–Kier alpha value is -0.810. The summed E-state index contributed by atoms with van der Waals surface area (Å²) in [5.41, 5.74) is 0. The first kappa shape index (κ1) is 16.6. The number of carbonyl (C=O) groups excluding carboxylic acids is 1. The fraction of sp³-hybridized carbons (Fsp3) is 0.714. The van der Waals surface area contributed by atoms with Crippen LogP contribution in [0.5, 0.6) is 0 Å². The molecule has 0 aliphatic carbocycles. The molecule has 0 bridgehead atoms. The average molecular weight is 316 g/mol. The Kier molecular flexibility index (Phi) is 4.83. The Labute approximate surface area is 125 Å². The molecule has 3 N–H and O–H groups in total. The maximum Gasteiger partial charge on any atom is 0.227 e. The molecule has 0 saturated carbocycles. The second-order valence-corrected chi connectivity index (χ2v) is 10.8. The van der Waals surface area contributed by atoms with Gasteiger partial charge in [-0.15, -0.1) is 13.2 Å². The summed E-state index contributed by atoms with van der Waals surface area (Å²) in [5, 5.41) is 23.0. The molecule has 7 heteroatoms. The molecule has 2 aliphatic rings. The molecule has 1 amide bonds. The van der Waals surface area contributed by atoms with Crippen molar-refractivity contribution >= 4 is 19.1 Å². The van der Waals surface area contributed by atoms with Gasteiger partial charge in [-0.05, 0) is 25.9 Å². The number of ether oxygens (including phenoxy) is 1. The van der Waals surface area contributed by atoms with Gasteiger partial charge in [-0.2, -0.15) is 0 Å². The molecule has 2 rings (SSSR count). The highest BCUT2D eigenvalue weighted by Crippen LogP contribution is 2.38. The van der Waals surface area contributed by atoms with E-state index in [1.165, 1.54) is 0 Å². The number of carbonyl (C=O) groups is 1. The van der Waals surface area contributed by atoms with Gasteiger partial charge >= 0.3 is 0 Å². The van der Waals surface area contributed by atoms with Crippen molar-refractivity contribution in [3.63, 3.8) is 0 Å². The maximum absolute atomic E-state index is 11.3. The third-order valence-electron chi connectivity index (χ3n) is 3.87. The summed E-state index contributed by atoms with van der Waals surface area (Å²) in [6.45, 7) is 7.27. The Bertz CT molecular complexity index is 476. The van der Waals surface area contributed by atoms with E-state index in [-0.39, 0.29) is 5.91 Å². The molecule has 6 nitrogen and oxygen atoms in total. The first-order valence-corrected chi connectivity index (χ1v) is 10.2. The monoisotopic (exact) mass is 316 g/mol. The van der Waals surface area contributed by atoms with Crippen LogP contribution in [0.1, 0.15) is 12.8 Å². The minimum absolute atomic E-state index is 0.0931. The first-order valence-electron chi connectivity index (χ1n) is 7.13. The zero-order chi connectivity index (χ0) is 15.8. The van der Waals surface area contributed by atoms with Crippen molar-refractivity contribution in [2.45, 2.75) is 37.4 Å². The van der Waals surface area contributed by atoms with Crippen LogP contribution >= 0.6 is 6.89 Å². The molecule has 2 fully saturated rings. The van der Waals surface area contributed by atoms with Crippen LogP contribution in [0.2, 0.25) is 0 Å². The van der Waals surface area contributed by atoms with Crippen LogP contribution in [-0.4, -0.2) is 77.9 Å². The molecule has 4 unspecified atom stereocenters. The summed E-state index contributed by atoms with van der Waals surface area (Å²) in [7, 11) is 0. The number of hydrogen-bond acceptors (Lipinski definition) is 5. The molecule has 2 saturated heterocycles. The summed E-state index contributed by atoms with van der Waals surface area (Å²) < 4.78 is 5.83. The fourth-order valence-electron chi connectivity index (χ4n) is 2.64. The van der Waals surface area contributed by atoms with Gasteiger partial charge in [0.25, 0.3) is 0 Å². The molecule has 21 heavy (non-hydrogen) atoms. The van der Waals surface area contributed by atoms with Gasteiger partial charge < -0.3 is 25.2 Å². The van der Waals surface area contributed by atoms with Gasteiger partial charge in [0, 0.05) is 13.0 Å². The lowest BCUT2D eigenvalue weighted by Crippen LogP contribution is -2.51. The summed E-state index contributed by atoms with van der Waals surface area (Å²) in [4.78, 5) is 13.0. The van der Waals surface area contributed by atoms with Crippen molar-refractivity contribution in [2.75, 3.05) is 26.0 Å². The van der Waals surface area contributed by atoms with Gasteiger partial charge in [0.1, 0.15) is 18.0 Å². The molecule has 2 aliphatic heterocycles. The normalized spacial score (nSPS) is 34.2. The Morgan fingerprint density at radius 1 is 1.43 bits per heavy atom. The number of nitrogens with zero attached hydrogens (tertiary/aromatic N) is 1. The summed E-state index contributed by atoms with van der Waals surface area (Å²) in [5.74, 6) is 0.317. The maximum atomic E-state index is 11.3. The zero-order valence-electron chi connectivity index (χ0n) is 12.7. The van der Waals surface area contributed by atoms with Crippen molar-refractivity contribution in [1.29, 1.82) is 0 Å². The molecule has 0 spiro atoms. The van der Waals surface area contributed by atoms with Gasteiger partial charge in [-0.3, -0.25) is 4.79 Å². The number of aliphatic hydroxyl groups is 2. The Morgan fingerprint density at radius 2 is 2.10 bits per heavy atom. The highest BCUT2D eigenvalue weighted by atomic mass is 31.2.